The fourth-order valence-corrected chi connectivity index (χ4v) is 2.36. The van der Waals surface area contributed by atoms with Gasteiger partial charge in [-0.3, -0.25) is 4.79 Å². The van der Waals surface area contributed by atoms with Crippen molar-refractivity contribution in [2.45, 2.75) is 32.4 Å². The van der Waals surface area contributed by atoms with Crippen LogP contribution in [-0.2, 0) is 16.1 Å². The van der Waals surface area contributed by atoms with E-state index in [1.54, 1.807) is 4.90 Å². The molecule has 0 radical (unpaired) electrons. The Hall–Kier alpha value is -2.04. The van der Waals surface area contributed by atoms with Crippen LogP contribution >= 0.6 is 0 Å². The molecule has 1 fully saturated rings. The molecule has 1 N–H and O–H groups in total. The van der Waals surface area contributed by atoms with Crippen LogP contribution in [0.1, 0.15) is 25.3 Å². The van der Waals surface area contributed by atoms with E-state index in [0.717, 1.165) is 18.4 Å². The van der Waals surface area contributed by atoms with Crippen LogP contribution in [0.2, 0.25) is 0 Å². The molecule has 0 aromatic heterocycles. The summed E-state index contributed by atoms with van der Waals surface area (Å²) in [5.41, 5.74) is 0.969. The number of benzene rings is 1. The summed E-state index contributed by atoms with van der Waals surface area (Å²) in [4.78, 5) is 24.7. The van der Waals surface area contributed by atoms with Gasteiger partial charge >= 0.3 is 6.09 Å². The first-order valence-corrected chi connectivity index (χ1v) is 6.88. The molecule has 2 amide bonds. The molecule has 0 spiro atoms. The summed E-state index contributed by atoms with van der Waals surface area (Å²) in [6.45, 7) is 2.98. The number of rotatable bonds is 3. The monoisotopic (exact) mass is 276 g/mol. The van der Waals surface area contributed by atoms with Gasteiger partial charge in [0, 0.05) is 26.1 Å². The smallest absolute Gasteiger partial charge is 0.410 e. The molecule has 20 heavy (non-hydrogen) atoms. The van der Waals surface area contributed by atoms with Gasteiger partial charge in [0.05, 0.1) is 0 Å². The summed E-state index contributed by atoms with van der Waals surface area (Å²) < 4.78 is 5.30. The normalized spacial score (nSPS) is 18.4. The maximum atomic E-state index is 12.0. The number of carbonyl (C=O) groups is 2. The van der Waals surface area contributed by atoms with E-state index in [-0.39, 0.29) is 24.6 Å². The number of ether oxygens (including phenoxy) is 1. The van der Waals surface area contributed by atoms with Gasteiger partial charge in [0.15, 0.2) is 0 Å². The van der Waals surface area contributed by atoms with Crippen LogP contribution in [0.4, 0.5) is 4.79 Å². The van der Waals surface area contributed by atoms with Crippen LogP contribution in [-0.4, -0.2) is 36.0 Å². The van der Waals surface area contributed by atoms with E-state index in [9.17, 15) is 9.59 Å². The average molecular weight is 276 g/mol. The number of nitrogens with one attached hydrogen (secondary N) is 1. The molecule has 0 aliphatic carbocycles. The summed E-state index contributed by atoms with van der Waals surface area (Å²) >= 11 is 0. The Labute approximate surface area is 118 Å². The molecular formula is C15H20N2O3. The molecule has 5 nitrogen and oxygen atoms in total. The fourth-order valence-electron chi connectivity index (χ4n) is 2.36. The highest BCUT2D eigenvalue weighted by molar-refractivity contribution is 5.73. The van der Waals surface area contributed by atoms with Gasteiger partial charge in [-0.2, -0.15) is 0 Å². The Bertz CT molecular complexity index is 461. The van der Waals surface area contributed by atoms with Crippen molar-refractivity contribution in [3.63, 3.8) is 0 Å². The number of amides is 2. The Morgan fingerprint density at radius 2 is 2.10 bits per heavy atom. The van der Waals surface area contributed by atoms with Gasteiger partial charge in [0.25, 0.3) is 0 Å². The fraction of sp³-hybridized carbons (Fsp3) is 0.467. The van der Waals surface area contributed by atoms with Crippen LogP contribution in [0.15, 0.2) is 30.3 Å². The van der Waals surface area contributed by atoms with E-state index in [0.29, 0.717) is 13.1 Å². The molecule has 5 heteroatoms. The Morgan fingerprint density at radius 1 is 1.35 bits per heavy atom. The van der Waals surface area contributed by atoms with Crippen LogP contribution < -0.4 is 5.32 Å². The van der Waals surface area contributed by atoms with E-state index < -0.39 is 0 Å². The molecule has 1 heterocycles. The molecule has 1 saturated heterocycles. The maximum Gasteiger partial charge on any atom is 0.410 e. The minimum atomic E-state index is -0.316. The molecule has 108 valence electrons. The van der Waals surface area contributed by atoms with Crippen molar-refractivity contribution in [2.24, 2.45) is 0 Å². The summed E-state index contributed by atoms with van der Waals surface area (Å²) in [7, 11) is 0. The largest absolute Gasteiger partial charge is 0.445 e. The molecule has 1 unspecified atom stereocenters. The molecule has 1 aromatic carbocycles. The third-order valence-corrected chi connectivity index (χ3v) is 3.29. The van der Waals surface area contributed by atoms with Crippen LogP contribution in [0, 0.1) is 0 Å². The van der Waals surface area contributed by atoms with Crippen molar-refractivity contribution in [3.8, 4) is 0 Å². The lowest BCUT2D eigenvalue weighted by Crippen LogP contribution is -2.49. The van der Waals surface area contributed by atoms with Crippen LogP contribution in [0.3, 0.4) is 0 Å². The van der Waals surface area contributed by atoms with Crippen molar-refractivity contribution < 1.29 is 14.3 Å². The van der Waals surface area contributed by atoms with Gasteiger partial charge in [-0.15, -0.1) is 0 Å². The van der Waals surface area contributed by atoms with Crippen molar-refractivity contribution >= 4 is 12.0 Å². The first kappa shape index (κ1) is 14.4. The lowest BCUT2D eigenvalue weighted by Gasteiger charge is -2.32. The van der Waals surface area contributed by atoms with Gasteiger partial charge in [-0.05, 0) is 18.4 Å². The summed E-state index contributed by atoms with van der Waals surface area (Å²) in [6, 6.07) is 9.63. The lowest BCUT2D eigenvalue weighted by atomic mass is 10.1. The third kappa shape index (κ3) is 4.26. The minimum Gasteiger partial charge on any atom is -0.445 e. The van der Waals surface area contributed by atoms with E-state index in [1.165, 1.54) is 6.92 Å². The first-order valence-electron chi connectivity index (χ1n) is 6.88. The first-order chi connectivity index (χ1) is 9.65. The maximum absolute atomic E-state index is 12.0. The van der Waals surface area contributed by atoms with Crippen LogP contribution in [0.25, 0.3) is 0 Å². The zero-order chi connectivity index (χ0) is 14.4. The lowest BCUT2D eigenvalue weighted by molar-refractivity contribution is -0.120. The Kier molecular flexibility index (Phi) is 4.98. The van der Waals surface area contributed by atoms with Crippen molar-refractivity contribution in [1.82, 2.24) is 10.2 Å². The molecule has 1 aromatic rings. The van der Waals surface area contributed by atoms with Gasteiger partial charge in [-0.25, -0.2) is 4.79 Å². The van der Waals surface area contributed by atoms with Gasteiger partial charge < -0.3 is 15.0 Å². The number of nitrogens with zero attached hydrogens (tertiary/aromatic N) is 1. The highest BCUT2D eigenvalue weighted by Gasteiger charge is 2.24. The molecule has 0 saturated carbocycles. The minimum absolute atomic E-state index is 0.0329. The van der Waals surface area contributed by atoms with Crippen molar-refractivity contribution in [2.75, 3.05) is 13.1 Å². The second kappa shape index (κ2) is 6.93. The van der Waals surface area contributed by atoms with E-state index in [1.807, 2.05) is 30.3 Å². The molecular weight excluding hydrogens is 256 g/mol. The summed E-state index contributed by atoms with van der Waals surface area (Å²) in [5.74, 6) is -0.0606. The molecule has 1 atom stereocenters. The van der Waals surface area contributed by atoms with E-state index >= 15 is 0 Å². The average Bonchev–Trinajstić information content (AvgIpc) is 2.45. The van der Waals surface area contributed by atoms with Gasteiger partial charge in [0.2, 0.25) is 5.91 Å². The predicted molar refractivity (Wildman–Crippen MR) is 75.0 cm³/mol. The SMILES string of the molecule is CC(=O)NC1CCCN(C(=O)OCc2ccccc2)C1. The summed E-state index contributed by atoms with van der Waals surface area (Å²) in [6.07, 6.45) is 1.47. The Morgan fingerprint density at radius 3 is 2.80 bits per heavy atom. The van der Waals surface area contributed by atoms with Crippen LogP contribution in [0.5, 0.6) is 0 Å². The molecule has 0 bridgehead atoms. The van der Waals surface area contributed by atoms with Crippen molar-refractivity contribution in [3.05, 3.63) is 35.9 Å². The third-order valence-electron chi connectivity index (χ3n) is 3.29. The number of likely N-dealkylation sites (tertiary alicyclic amines) is 1. The van der Waals surface area contributed by atoms with E-state index in [4.69, 9.17) is 4.74 Å². The topological polar surface area (TPSA) is 58.6 Å². The standard InChI is InChI=1S/C15H20N2O3/c1-12(18)16-14-8-5-9-17(10-14)15(19)20-11-13-6-3-2-4-7-13/h2-4,6-7,14H,5,8-11H2,1H3,(H,16,18). The summed E-state index contributed by atoms with van der Waals surface area (Å²) in [5, 5.41) is 2.85. The zero-order valence-corrected chi connectivity index (χ0v) is 11.7. The Balaban J connectivity index is 1.81. The number of carbonyl (C=O) groups excluding carboxylic acids is 2. The molecule has 1 aliphatic heterocycles. The molecule has 1 aliphatic rings. The highest BCUT2D eigenvalue weighted by Crippen LogP contribution is 2.12. The molecule has 2 rings (SSSR count). The predicted octanol–water partition coefficient (Wildman–Crippen LogP) is 1.92. The van der Waals surface area contributed by atoms with Gasteiger partial charge in [-0.1, -0.05) is 30.3 Å². The zero-order valence-electron chi connectivity index (χ0n) is 11.7. The van der Waals surface area contributed by atoms with Gasteiger partial charge in [0.1, 0.15) is 6.61 Å². The second-order valence-corrected chi connectivity index (χ2v) is 5.03. The number of piperidine rings is 1. The van der Waals surface area contributed by atoms with Crippen molar-refractivity contribution in [1.29, 1.82) is 0 Å². The second-order valence-electron chi connectivity index (χ2n) is 5.03. The number of hydrogen-bond donors (Lipinski definition) is 1. The van der Waals surface area contributed by atoms with E-state index in [2.05, 4.69) is 5.32 Å². The quantitative estimate of drug-likeness (QED) is 0.917. The highest BCUT2D eigenvalue weighted by atomic mass is 16.6. The number of hydrogen-bond acceptors (Lipinski definition) is 3.